The van der Waals surface area contributed by atoms with Gasteiger partial charge in [-0.2, -0.15) is 0 Å². The van der Waals surface area contributed by atoms with Crippen molar-refractivity contribution in [2.24, 2.45) is 0 Å². The van der Waals surface area contributed by atoms with E-state index in [1.54, 1.807) is 31.4 Å². The smallest absolute Gasteiger partial charge is 0.231 e. The fourth-order valence-electron chi connectivity index (χ4n) is 2.16. The van der Waals surface area contributed by atoms with E-state index in [4.69, 9.17) is 16.3 Å². The monoisotopic (exact) mass is 358 g/mol. The van der Waals surface area contributed by atoms with Crippen molar-refractivity contribution in [3.05, 3.63) is 63.9 Å². The van der Waals surface area contributed by atoms with Crippen molar-refractivity contribution in [3.63, 3.8) is 0 Å². The Hall–Kier alpha value is -2.37. The number of hydrogen-bond donors (Lipinski definition) is 1. The lowest BCUT2D eigenvalue weighted by Crippen LogP contribution is -2.14. The minimum Gasteiger partial charge on any atom is -0.497 e. The van der Waals surface area contributed by atoms with Gasteiger partial charge in [-0.05, 0) is 36.4 Å². The third kappa shape index (κ3) is 4.13. The van der Waals surface area contributed by atoms with Crippen molar-refractivity contribution in [3.8, 4) is 17.0 Å². The molecule has 3 rings (SSSR count). The summed E-state index contributed by atoms with van der Waals surface area (Å²) in [5, 5.41) is 6.25. The second-order valence-electron chi connectivity index (χ2n) is 5.09. The Labute approximate surface area is 149 Å². The molecule has 0 aliphatic rings. The van der Waals surface area contributed by atoms with Crippen LogP contribution < -0.4 is 10.1 Å². The van der Waals surface area contributed by atoms with Gasteiger partial charge in [0, 0.05) is 21.7 Å². The first-order valence-corrected chi connectivity index (χ1v) is 8.54. The molecule has 0 spiro atoms. The highest BCUT2D eigenvalue weighted by atomic mass is 35.5. The van der Waals surface area contributed by atoms with E-state index in [0.29, 0.717) is 5.02 Å². The van der Waals surface area contributed by atoms with E-state index in [-0.39, 0.29) is 12.3 Å². The van der Waals surface area contributed by atoms with Crippen molar-refractivity contribution in [1.29, 1.82) is 0 Å². The van der Waals surface area contributed by atoms with Gasteiger partial charge < -0.3 is 10.1 Å². The van der Waals surface area contributed by atoms with Crippen LogP contribution in [0.3, 0.4) is 0 Å². The molecule has 0 bridgehead atoms. The van der Waals surface area contributed by atoms with Crippen LogP contribution in [0.5, 0.6) is 5.75 Å². The number of rotatable bonds is 5. The van der Waals surface area contributed by atoms with Crippen molar-refractivity contribution in [2.45, 2.75) is 6.42 Å². The maximum atomic E-state index is 12.1. The molecule has 1 heterocycles. The maximum absolute atomic E-state index is 12.1. The third-order valence-corrected chi connectivity index (χ3v) is 4.48. The number of anilines is 1. The SMILES string of the molecule is COc1ccc(NC(=O)Cc2nc(-c3ccc(Cl)cc3)cs2)cc1. The van der Waals surface area contributed by atoms with E-state index in [0.717, 1.165) is 27.7 Å². The molecule has 1 amide bonds. The van der Waals surface area contributed by atoms with Crippen LogP contribution in [-0.4, -0.2) is 18.0 Å². The summed E-state index contributed by atoms with van der Waals surface area (Å²) in [6.45, 7) is 0. The minimum absolute atomic E-state index is 0.0998. The predicted molar refractivity (Wildman–Crippen MR) is 97.9 cm³/mol. The average Bonchev–Trinajstić information content (AvgIpc) is 3.04. The second-order valence-corrected chi connectivity index (χ2v) is 6.47. The molecule has 0 aliphatic carbocycles. The summed E-state index contributed by atoms with van der Waals surface area (Å²) < 4.78 is 5.09. The summed E-state index contributed by atoms with van der Waals surface area (Å²) in [7, 11) is 1.61. The number of amides is 1. The number of halogens is 1. The Morgan fingerprint density at radius 3 is 2.54 bits per heavy atom. The highest BCUT2D eigenvalue weighted by Gasteiger charge is 2.10. The van der Waals surface area contributed by atoms with Gasteiger partial charge >= 0.3 is 0 Å². The number of aromatic nitrogens is 1. The van der Waals surface area contributed by atoms with Crippen molar-refractivity contribution in [1.82, 2.24) is 4.98 Å². The first-order chi connectivity index (χ1) is 11.6. The Bertz CT molecular complexity index is 829. The number of ether oxygens (including phenoxy) is 1. The molecule has 6 heteroatoms. The van der Waals surface area contributed by atoms with Crippen LogP contribution in [0.1, 0.15) is 5.01 Å². The maximum Gasteiger partial charge on any atom is 0.231 e. The largest absolute Gasteiger partial charge is 0.497 e. The molecular weight excluding hydrogens is 344 g/mol. The molecule has 2 aromatic carbocycles. The lowest BCUT2D eigenvalue weighted by atomic mass is 10.2. The Morgan fingerprint density at radius 1 is 1.17 bits per heavy atom. The van der Waals surface area contributed by atoms with Gasteiger partial charge in [-0.3, -0.25) is 4.79 Å². The van der Waals surface area contributed by atoms with Crippen LogP contribution in [0, 0.1) is 0 Å². The zero-order valence-electron chi connectivity index (χ0n) is 13.0. The number of benzene rings is 2. The van der Waals surface area contributed by atoms with Crippen LogP contribution in [-0.2, 0) is 11.2 Å². The topological polar surface area (TPSA) is 51.2 Å². The summed E-state index contributed by atoms with van der Waals surface area (Å²) in [6, 6.07) is 14.7. The Balaban J connectivity index is 1.63. The molecule has 0 radical (unpaired) electrons. The van der Waals surface area contributed by atoms with Crippen LogP contribution >= 0.6 is 22.9 Å². The lowest BCUT2D eigenvalue weighted by molar-refractivity contribution is -0.115. The van der Waals surface area contributed by atoms with Crippen molar-refractivity contribution in [2.75, 3.05) is 12.4 Å². The molecule has 3 aromatic rings. The van der Waals surface area contributed by atoms with E-state index >= 15 is 0 Å². The van der Waals surface area contributed by atoms with Gasteiger partial charge in [0.15, 0.2) is 0 Å². The zero-order valence-corrected chi connectivity index (χ0v) is 14.5. The molecule has 4 nitrogen and oxygen atoms in total. The quantitative estimate of drug-likeness (QED) is 0.722. The first-order valence-electron chi connectivity index (χ1n) is 7.28. The molecule has 0 saturated carbocycles. The predicted octanol–water partition coefficient (Wildman–Crippen LogP) is 4.65. The average molecular weight is 359 g/mol. The normalized spacial score (nSPS) is 10.4. The minimum atomic E-state index is -0.0998. The Morgan fingerprint density at radius 2 is 1.88 bits per heavy atom. The highest BCUT2D eigenvalue weighted by Crippen LogP contribution is 2.24. The van der Waals surface area contributed by atoms with Crippen molar-refractivity contribution >= 4 is 34.5 Å². The lowest BCUT2D eigenvalue weighted by Gasteiger charge is -2.05. The van der Waals surface area contributed by atoms with Crippen LogP contribution in [0.4, 0.5) is 5.69 Å². The van der Waals surface area contributed by atoms with Crippen LogP contribution in [0.2, 0.25) is 5.02 Å². The van der Waals surface area contributed by atoms with E-state index in [1.165, 1.54) is 11.3 Å². The van der Waals surface area contributed by atoms with E-state index < -0.39 is 0 Å². The summed E-state index contributed by atoms with van der Waals surface area (Å²) in [6.07, 6.45) is 0.240. The van der Waals surface area contributed by atoms with Gasteiger partial charge in [-0.15, -0.1) is 11.3 Å². The van der Waals surface area contributed by atoms with Gasteiger partial charge in [0.05, 0.1) is 19.2 Å². The molecule has 0 unspecified atom stereocenters. The molecular formula is C18H15ClN2O2S. The van der Waals surface area contributed by atoms with Crippen molar-refractivity contribution < 1.29 is 9.53 Å². The second kappa shape index (κ2) is 7.47. The number of carbonyl (C=O) groups is 1. The molecule has 1 aromatic heterocycles. The van der Waals surface area contributed by atoms with Gasteiger partial charge in [0.25, 0.3) is 0 Å². The molecule has 1 N–H and O–H groups in total. The van der Waals surface area contributed by atoms with Gasteiger partial charge in [-0.25, -0.2) is 4.98 Å². The van der Waals surface area contributed by atoms with E-state index in [1.807, 2.05) is 29.6 Å². The van der Waals surface area contributed by atoms with E-state index in [2.05, 4.69) is 10.3 Å². The van der Waals surface area contributed by atoms with Gasteiger partial charge in [0.1, 0.15) is 10.8 Å². The summed E-state index contributed by atoms with van der Waals surface area (Å²) in [4.78, 5) is 16.6. The summed E-state index contributed by atoms with van der Waals surface area (Å²) in [5.74, 6) is 0.651. The van der Waals surface area contributed by atoms with Gasteiger partial charge in [0.2, 0.25) is 5.91 Å². The number of methoxy groups -OCH3 is 1. The highest BCUT2D eigenvalue weighted by molar-refractivity contribution is 7.10. The number of nitrogens with zero attached hydrogens (tertiary/aromatic N) is 1. The third-order valence-electron chi connectivity index (χ3n) is 3.38. The number of thiazole rings is 1. The number of nitrogens with one attached hydrogen (secondary N) is 1. The number of hydrogen-bond acceptors (Lipinski definition) is 4. The molecule has 0 atom stereocenters. The molecule has 122 valence electrons. The standard InChI is InChI=1S/C18H15ClN2O2S/c1-23-15-8-6-14(7-9-15)20-17(22)10-18-21-16(11-24-18)12-2-4-13(19)5-3-12/h2-9,11H,10H2,1H3,(H,20,22). The van der Waals surface area contributed by atoms with Crippen LogP contribution in [0.25, 0.3) is 11.3 Å². The fraction of sp³-hybridized carbons (Fsp3) is 0.111. The fourth-order valence-corrected chi connectivity index (χ4v) is 3.09. The zero-order chi connectivity index (χ0) is 16.9. The molecule has 24 heavy (non-hydrogen) atoms. The molecule has 0 saturated heterocycles. The van der Waals surface area contributed by atoms with Gasteiger partial charge in [-0.1, -0.05) is 23.7 Å². The molecule has 0 aliphatic heterocycles. The summed E-state index contributed by atoms with van der Waals surface area (Å²) >= 11 is 7.36. The van der Waals surface area contributed by atoms with E-state index in [9.17, 15) is 4.79 Å². The molecule has 0 fully saturated rings. The Kier molecular flexibility index (Phi) is 5.13. The first kappa shape index (κ1) is 16.5. The number of carbonyl (C=O) groups excluding carboxylic acids is 1. The van der Waals surface area contributed by atoms with Crippen LogP contribution in [0.15, 0.2) is 53.9 Å². The summed E-state index contributed by atoms with van der Waals surface area (Å²) in [5.41, 5.74) is 2.57.